The molecule has 3 unspecified atom stereocenters. The van der Waals surface area contributed by atoms with Crippen LogP contribution in [-0.2, 0) is 0 Å². The van der Waals surface area contributed by atoms with Gasteiger partial charge >= 0.3 is 0 Å². The first kappa shape index (κ1) is 11.6. The Bertz CT molecular complexity index is 356. The highest BCUT2D eigenvalue weighted by molar-refractivity contribution is 6.31. The predicted molar refractivity (Wildman–Crippen MR) is 66.6 cm³/mol. The molecule has 0 aliphatic heterocycles. The van der Waals surface area contributed by atoms with Gasteiger partial charge in [0, 0.05) is 18.4 Å². The molecule has 1 aliphatic carbocycles. The minimum absolute atomic E-state index is 0.467. The van der Waals surface area contributed by atoms with E-state index in [1.807, 2.05) is 0 Å². The van der Waals surface area contributed by atoms with Crippen molar-refractivity contribution in [2.24, 2.45) is 11.8 Å². The highest BCUT2D eigenvalue weighted by atomic mass is 35.5. The SMILES string of the molecule is CCC1CCC(Nc2nccnc2Cl)C1C. The van der Waals surface area contributed by atoms with Gasteiger partial charge in [0.2, 0.25) is 0 Å². The fourth-order valence-electron chi connectivity index (χ4n) is 2.62. The summed E-state index contributed by atoms with van der Waals surface area (Å²) in [6, 6.07) is 0.485. The third-order valence-corrected chi connectivity index (χ3v) is 4.00. The zero-order valence-corrected chi connectivity index (χ0v) is 10.5. The molecule has 1 aromatic rings. The van der Waals surface area contributed by atoms with Crippen molar-refractivity contribution in [1.29, 1.82) is 0 Å². The molecule has 0 amide bonds. The first-order chi connectivity index (χ1) is 7.72. The van der Waals surface area contributed by atoms with Gasteiger partial charge in [-0.05, 0) is 24.7 Å². The Morgan fingerprint density at radius 1 is 1.38 bits per heavy atom. The van der Waals surface area contributed by atoms with Crippen LogP contribution in [0.4, 0.5) is 5.82 Å². The second-order valence-electron chi connectivity index (χ2n) is 4.55. The Labute approximate surface area is 102 Å². The summed E-state index contributed by atoms with van der Waals surface area (Å²) in [4.78, 5) is 8.25. The van der Waals surface area contributed by atoms with Gasteiger partial charge in [0.15, 0.2) is 11.0 Å². The summed E-state index contributed by atoms with van der Waals surface area (Å²) in [6.07, 6.45) is 7.04. The van der Waals surface area contributed by atoms with Gasteiger partial charge < -0.3 is 5.32 Å². The minimum Gasteiger partial charge on any atom is -0.365 e. The topological polar surface area (TPSA) is 37.8 Å². The van der Waals surface area contributed by atoms with Crippen molar-refractivity contribution in [3.8, 4) is 0 Å². The molecule has 3 nitrogen and oxygen atoms in total. The lowest BCUT2D eigenvalue weighted by Gasteiger charge is -2.21. The van der Waals surface area contributed by atoms with Gasteiger partial charge in [0.25, 0.3) is 0 Å². The van der Waals surface area contributed by atoms with E-state index in [0.717, 1.165) is 11.7 Å². The Morgan fingerprint density at radius 2 is 2.12 bits per heavy atom. The summed E-state index contributed by atoms with van der Waals surface area (Å²) < 4.78 is 0. The molecule has 3 atom stereocenters. The van der Waals surface area contributed by atoms with Crippen molar-refractivity contribution in [1.82, 2.24) is 9.97 Å². The van der Waals surface area contributed by atoms with Gasteiger partial charge in [-0.2, -0.15) is 0 Å². The fraction of sp³-hybridized carbons (Fsp3) is 0.667. The molecule has 0 saturated heterocycles. The first-order valence-electron chi connectivity index (χ1n) is 5.95. The maximum Gasteiger partial charge on any atom is 0.171 e. The third-order valence-electron chi connectivity index (χ3n) is 3.73. The highest BCUT2D eigenvalue weighted by Crippen LogP contribution is 2.35. The van der Waals surface area contributed by atoms with E-state index in [2.05, 4.69) is 29.1 Å². The molecule has 0 radical (unpaired) electrons. The molecule has 88 valence electrons. The number of nitrogens with zero attached hydrogens (tertiary/aromatic N) is 2. The number of aromatic nitrogens is 2. The lowest BCUT2D eigenvalue weighted by molar-refractivity contribution is 0.391. The Morgan fingerprint density at radius 3 is 2.75 bits per heavy atom. The van der Waals surface area contributed by atoms with Crippen LogP contribution in [0.3, 0.4) is 0 Å². The Kier molecular flexibility index (Phi) is 3.64. The van der Waals surface area contributed by atoms with Crippen LogP contribution in [-0.4, -0.2) is 16.0 Å². The minimum atomic E-state index is 0.467. The molecule has 1 saturated carbocycles. The molecule has 1 fully saturated rings. The van der Waals surface area contributed by atoms with Crippen LogP contribution in [0.5, 0.6) is 0 Å². The average molecular weight is 240 g/mol. The molecule has 1 aromatic heterocycles. The van der Waals surface area contributed by atoms with Crippen LogP contribution in [0.15, 0.2) is 12.4 Å². The summed E-state index contributed by atoms with van der Waals surface area (Å²) in [6.45, 7) is 4.57. The monoisotopic (exact) mass is 239 g/mol. The van der Waals surface area contributed by atoms with E-state index >= 15 is 0 Å². The summed E-state index contributed by atoms with van der Waals surface area (Å²) >= 11 is 5.98. The van der Waals surface area contributed by atoms with Crippen LogP contribution in [0.25, 0.3) is 0 Å². The van der Waals surface area contributed by atoms with Crippen molar-refractivity contribution in [2.75, 3.05) is 5.32 Å². The zero-order chi connectivity index (χ0) is 11.5. The van der Waals surface area contributed by atoms with Gasteiger partial charge in [-0.1, -0.05) is 31.9 Å². The molecule has 0 aromatic carbocycles. The van der Waals surface area contributed by atoms with Gasteiger partial charge in [0.05, 0.1) is 0 Å². The molecular formula is C12H18ClN3. The average Bonchev–Trinajstić information content (AvgIpc) is 2.63. The number of hydrogen-bond donors (Lipinski definition) is 1. The number of halogens is 1. The van der Waals surface area contributed by atoms with E-state index in [1.165, 1.54) is 19.3 Å². The Balaban J connectivity index is 2.04. The van der Waals surface area contributed by atoms with Crippen molar-refractivity contribution < 1.29 is 0 Å². The predicted octanol–water partition coefficient (Wildman–Crippen LogP) is 3.37. The lowest BCUT2D eigenvalue weighted by atomic mass is 9.93. The van der Waals surface area contributed by atoms with Crippen molar-refractivity contribution in [3.05, 3.63) is 17.5 Å². The molecule has 0 spiro atoms. The number of rotatable bonds is 3. The van der Waals surface area contributed by atoms with Gasteiger partial charge in [0.1, 0.15) is 0 Å². The molecule has 1 heterocycles. The summed E-state index contributed by atoms with van der Waals surface area (Å²) in [5.74, 6) is 2.23. The van der Waals surface area contributed by atoms with Crippen LogP contribution < -0.4 is 5.32 Å². The molecule has 0 bridgehead atoms. The first-order valence-corrected chi connectivity index (χ1v) is 6.33. The number of anilines is 1. The van der Waals surface area contributed by atoms with Crippen LogP contribution in [0, 0.1) is 11.8 Å². The highest BCUT2D eigenvalue weighted by Gasteiger charge is 2.31. The number of hydrogen-bond acceptors (Lipinski definition) is 3. The maximum absolute atomic E-state index is 5.98. The largest absolute Gasteiger partial charge is 0.365 e. The fourth-order valence-corrected chi connectivity index (χ4v) is 2.78. The van der Waals surface area contributed by atoms with Crippen LogP contribution in [0.1, 0.15) is 33.1 Å². The van der Waals surface area contributed by atoms with E-state index in [9.17, 15) is 0 Å². The summed E-state index contributed by atoms with van der Waals surface area (Å²) in [7, 11) is 0. The second kappa shape index (κ2) is 5.00. The van der Waals surface area contributed by atoms with Gasteiger partial charge in [-0.15, -0.1) is 0 Å². The molecule has 16 heavy (non-hydrogen) atoms. The van der Waals surface area contributed by atoms with Crippen LogP contribution in [0.2, 0.25) is 5.15 Å². The van der Waals surface area contributed by atoms with E-state index in [4.69, 9.17) is 11.6 Å². The Hall–Kier alpha value is -0.830. The van der Waals surface area contributed by atoms with E-state index in [-0.39, 0.29) is 0 Å². The zero-order valence-electron chi connectivity index (χ0n) is 9.78. The summed E-state index contributed by atoms with van der Waals surface area (Å²) in [5.41, 5.74) is 0. The van der Waals surface area contributed by atoms with Gasteiger partial charge in [-0.25, -0.2) is 9.97 Å². The molecule has 4 heteroatoms. The second-order valence-corrected chi connectivity index (χ2v) is 4.91. The molecular weight excluding hydrogens is 222 g/mol. The van der Waals surface area contributed by atoms with E-state index in [0.29, 0.717) is 17.1 Å². The molecule has 1 aliphatic rings. The smallest absolute Gasteiger partial charge is 0.171 e. The van der Waals surface area contributed by atoms with Crippen molar-refractivity contribution >= 4 is 17.4 Å². The van der Waals surface area contributed by atoms with E-state index < -0.39 is 0 Å². The number of nitrogens with one attached hydrogen (secondary N) is 1. The van der Waals surface area contributed by atoms with E-state index in [1.54, 1.807) is 12.4 Å². The third kappa shape index (κ3) is 2.29. The quantitative estimate of drug-likeness (QED) is 0.879. The molecule has 1 N–H and O–H groups in total. The standard InChI is InChI=1S/C12H18ClN3/c1-3-9-4-5-10(8(9)2)16-12-11(13)14-6-7-15-12/h6-10H,3-5H2,1-2H3,(H,15,16). The van der Waals surface area contributed by atoms with Crippen LogP contribution >= 0.6 is 11.6 Å². The molecule has 2 rings (SSSR count). The lowest BCUT2D eigenvalue weighted by Crippen LogP contribution is -2.25. The van der Waals surface area contributed by atoms with Gasteiger partial charge in [-0.3, -0.25) is 0 Å². The van der Waals surface area contributed by atoms with Crippen molar-refractivity contribution in [2.45, 2.75) is 39.2 Å². The van der Waals surface area contributed by atoms with Crippen molar-refractivity contribution in [3.63, 3.8) is 0 Å². The normalized spacial score (nSPS) is 29.3. The maximum atomic E-state index is 5.98. The summed E-state index contributed by atoms with van der Waals surface area (Å²) in [5, 5.41) is 3.88.